The van der Waals surface area contributed by atoms with Crippen LogP contribution >= 0.6 is 0 Å². The van der Waals surface area contributed by atoms with Crippen LogP contribution in [0.3, 0.4) is 0 Å². The number of hydrogen-bond donors (Lipinski definition) is 1. The standard InChI is InChI=1S/C20H36N2O2/c1-15(23)22-13-5-8-19(21)20(22)14-24-18-11-9-17(10-12-18)16-6-3-2-4-7-16/h16-20H,2-14,21H2,1H3/t17?,18?,19-,20-/m0/s1. The van der Waals surface area contributed by atoms with Crippen molar-refractivity contribution in [3.05, 3.63) is 0 Å². The first kappa shape index (κ1) is 18.2. The first-order valence-corrected chi connectivity index (χ1v) is 10.3. The van der Waals surface area contributed by atoms with E-state index in [0.717, 1.165) is 31.2 Å². The van der Waals surface area contributed by atoms with Crippen molar-refractivity contribution in [2.24, 2.45) is 17.6 Å². The second-order valence-electron chi connectivity index (χ2n) is 8.35. The van der Waals surface area contributed by atoms with E-state index >= 15 is 0 Å². The second kappa shape index (κ2) is 8.66. The third-order valence-electron chi connectivity index (χ3n) is 6.77. The number of likely N-dealkylation sites (tertiary alicyclic amines) is 1. The van der Waals surface area contributed by atoms with Crippen LogP contribution in [0, 0.1) is 11.8 Å². The van der Waals surface area contributed by atoms with Gasteiger partial charge in [-0.2, -0.15) is 0 Å². The Labute approximate surface area is 147 Å². The van der Waals surface area contributed by atoms with E-state index in [1.807, 2.05) is 4.90 Å². The summed E-state index contributed by atoms with van der Waals surface area (Å²) in [5.41, 5.74) is 6.27. The maximum absolute atomic E-state index is 11.8. The number of piperidine rings is 1. The Kier molecular flexibility index (Phi) is 6.56. The van der Waals surface area contributed by atoms with Gasteiger partial charge in [0.15, 0.2) is 0 Å². The highest BCUT2D eigenvalue weighted by atomic mass is 16.5. The van der Waals surface area contributed by atoms with E-state index in [1.165, 1.54) is 57.8 Å². The van der Waals surface area contributed by atoms with Gasteiger partial charge in [0.2, 0.25) is 5.91 Å². The van der Waals surface area contributed by atoms with E-state index < -0.39 is 0 Å². The van der Waals surface area contributed by atoms with Gasteiger partial charge in [-0.3, -0.25) is 4.79 Å². The molecule has 3 aliphatic rings. The molecule has 4 nitrogen and oxygen atoms in total. The number of amides is 1. The van der Waals surface area contributed by atoms with Crippen molar-refractivity contribution in [2.45, 2.75) is 95.7 Å². The Morgan fingerprint density at radius 1 is 0.958 bits per heavy atom. The fraction of sp³-hybridized carbons (Fsp3) is 0.950. The highest BCUT2D eigenvalue weighted by molar-refractivity contribution is 5.73. The van der Waals surface area contributed by atoms with Gasteiger partial charge >= 0.3 is 0 Å². The molecule has 138 valence electrons. The molecule has 0 bridgehead atoms. The smallest absolute Gasteiger partial charge is 0.219 e. The molecule has 24 heavy (non-hydrogen) atoms. The molecule has 4 heteroatoms. The minimum atomic E-state index is 0.0706. The molecule has 0 aromatic heterocycles. The lowest BCUT2D eigenvalue weighted by atomic mass is 9.73. The molecule has 0 radical (unpaired) electrons. The van der Waals surface area contributed by atoms with Gasteiger partial charge in [0.25, 0.3) is 0 Å². The van der Waals surface area contributed by atoms with Crippen LogP contribution in [0.1, 0.15) is 77.6 Å². The molecule has 2 N–H and O–H groups in total. The third kappa shape index (κ3) is 4.51. The van der Waals surface area contributed by atoms with Crippen molar-refractivity contribution in [2.75, 3.05) is 13.2 Å². The molecule has 0 aromatic rings. The third-order valence-corrected chi connectivity index (χ3v) is 6.77. The molecule has 2 atom stereocenters. The molecule has 0 unspecified atom stereocenters. The molecule has 1 heterocycles. The predicted octanol–water partition coefficient (Wildman–Crippen LogP) is 3.48. The summed E-state index contributed by atoms with van der Waals surface area (Å²) in [6, 6.07) is 0.147. The summed E-state index contributed by atoms with van der Waals surface area (Å²) in [5.74, 6) is 2.07. The Hall–Kier alpha value is -0.610. The zero-order valence-corrected chi connectivity index (χ0v) is 15.4. The highest BCUT2D eigenvalue weighted by Gasteiger charge is 2.33. The fourth-order valence-corrected chi connectivity index (χ4v) is 5.26. The SMILES string of the molecule is CC(=O)N1CCC[C@H](N)[C@@H]1COC1CCC(C2CCCCC2)CC1. The quantitative estimate of drug-likeness (QED) is 0.855. The minimum Gasteiger partial charge on any atom is -0.376 e. The lowest BCUT2D eigenvalue weighted by Gasteiger charge is -2.41. The van der Waals surface area contributed by atoms with Crippen LogP contribution in [0.25, 0.3) is 0 Å². The predicted molar refractivity (Wildman–Crippen MR) is 96.7 cm³/mol. The van der Waals surface area contributed by atoms with Crippen molar-refractivity contribution in [3.63, 3.8) is 0 Å². The minimum absolute atomic E-state index is 0.0706. The number of nitrogens with zero attached hydrogens (tertiary/aromatic N) is 1. The first-order chi connectivity index (χ1) is 11.6. The van der Waals surface area contributed by atoms with Crippen LogP contribution in [0.15, 0.2) is 0 Å². The van der Waals surface area contributed by atoms with Crippen LogP contribution in [0.2, 0.25) is 0 Å². The Bertz CT molecular complexity index is 400. The summed E-state index contributed by atoms with van der Waals surface area (Å²) in [6.45, 7) is 3.12. The van der Waals surface area contributed by atoms with E-state index in [0.29, 0.717) is 12.7 Å². The van der Waals surface area contributed by atoms with Gasteiger partial charge in [-0.15, -0.1) is 0 Å². The van der Waals surface area contributed by atoms with E-state index in [1.54, 1.807) is 6.92 Å². The number of rotatable bonds is 4. The topological polar surface area (TPSA) is 55.6 Å². The molecular formula is C20H36N2O2. The first-order valence-electron chi connectivity index (χ1n) is 10.3. The highest BCUT2D eigenvalue weighted by Crippen LogP contribution is 2.38. The number of hydrogen-bond acceptors (Lipinski definition) is 3. The maximum atomic E-state index is 11.8. The zero-order chi connectivity index (χ0) is 16.9. The summed E-state index contributed by atoms with van der Waals surface area (Å²) >= 11 is 0. The maximum Gasteiger partial charge on any atom is 0.219 e. The van der Waals surface area contributed by atoms with Crippen LogP contribution in [-0.4, -0.2) is 42.1 Å². The largest absolute Gasteiger partial charge is 0.376 e. The molecular weight excluding hydrogens is 300 g/mol. The lowest BCUT2D eigenvalue weighted by Crippen LogP contribution is -2.56. The van der Waals surface area contributed by atoms with Crippen molar-refractivity contribution in [1.82, 2.24) is 4.90 Å². The normalized spacial score (nSPS) is 35.8. The fourth-order valence-electron chi connectivity index (χ4n) is 5.26. The molecule has 3 fully saturated rings. The van der Waals surface area contributed by atoms with Crippen LogP contribution in [-0.2, 0) is 9.53 Å². The average molecular weight is 337 g/mol. The van der Waals surface area contributed by atoms with Gasteiger partial charge in [-0.05, 0) is 50.4 Å². The summed E-state index contributed by atoms with van der Waals surface area (Å²) in [6.07, 6.45) is 14.7. The number of nitrogens with two attached hydrogens (primary N) is 1. The summed E-state index contributed by atoms with van der Waals surface area (Å²) in [5, 5.41) is 0. The van der Waals surface area contributed by atoms with Gasteiger partial charge in [0.05, 0.1) is 18.8 Å². The second-order valence-corrected chi connectivity index (χ2v) is 8.35. The van der Waals surface area contributed by atoms with E-state index in [4.69, 9.17) is 10.5 Å². The van der Waals surface area contributed by atoms with Crippen molar-refractivity contribution in [1.29, 1.82) is 0 Å². The Morgan fingerprint density at radius 3 is 2.29 bits per heavy atom. The van der Waals surface area contributed by atoms with Crippen LogP contribution < -0.4 is 5.73 Å². The molecule has 2 saturated carbocycles. The number of carbonyl (C=O) groups is 1. The molecule has 1 amide bonds. The number of carbonyl (C=O) groups excluding carboxylic acids is 1. The molecule has 2 aliphatic carbocycles. The van der Waals surface area contributed by atoms with Crippen molar-refractivity contribution in [3.8, 4) is 0 Å². The summed E-state index contributed by atoms with van der Waals surface area (Å²) in [4.78, 5) is 13.8. The number of ether oxygens (including phenoxy) is 1. The molecule has 0 aromatic carbocycles. The van der Waals surface area contributed by atoms with Crippen molar-refractivity contribution >= 4 is 5.91 Å². The molecule has 1 aliphatic heterocycles. The molecule has 1 saturated heterocycles. The van der Waals surface area contributed by atoms with Gasteiger partial charge in [-0.1, -0.05) is 32.1 Å². The van der Waals surface area contributed by atoms with Crippen molar-refractivity contribution < 1.29 is 9.53 Å². The van der Waals surface area contributed by atoms with E-state index in [-0.39, 0.29) is 18.0 Å². The van der Waals surface area contributed by atoms with Gasteiger partial charge in [0, 0.05) is 19.5 Å². The van der Waals surface area contributed by atoms with Gasteiger partial charge in [-0.25, -0.2) is 0 Å². The lowest BCUT2D eigenvalue weighted by molar-refractivity contribution is -0.136. The van der Waals surface area contributed by atoms with Gasteiger partial charge < -0.3 is 15.4 Å². The average Bonchev–Trinajstić information content (AvgIpc) is 2.61. The van der Waals surface area contributed by atoms with Gasteiger partial charge in [0.1, 0.15) is 0 Å². The zero-order valence-electron chi connectivity index (χ0n) is 15.4. The van der Waals surface area contributed by atoms with Crippen LogP contribution in [0.4, 0.5) is 0 Å². The van der Waals surface area contributed by atoms with Crippen LogP contribution in [0.5, 0.6) is 0 Å². The van der Waals surface area contributed by atoms with E-state index in [2.05, 4.69) is 0 Å². The molecule has 0 spiro atoms. The Morgan fingerprint density at radius 2 is 1.62 bits per heavy atom. The summed E-state index contributed by atoms with van der Waals surface area (Å²) < 4.78 is 6.24. The monoisotopic (exact) mass is 336 g/mol. The summed E-state index contributed by atoms with van der Waals surface area (Å²) in [7, 11) is 0. The Balaban J connectivity index is 1.43. The van der Waals surface area contributed by atoms with E-state index in [9.17, 15) is 4.79 Å². The molecule has 3 rings (SSSR count).